The molecule has 8 nitrogen and oxygen atoms in total. The van der Waals surface area contributed by atoms with Crippen molar-refractivity contribution in [2.24, 2.45) is 0 Å². The fourth-order valence-corrected chi connectivity index (χ4v) is 4.62. The van der Waals surface area contributed by atoms with Crippen molar-refractivity contribution in [2.75, 3.05) is 45.3 Å². The van der Waals surface area contributed by atoms with Crippen molar-refractivity contribution in [3.8, 4) is 11.5 Å². The Kier molecular flexibility index (Phi) is 5.25. The van der Waals surface area contributed by atoms with Gasteiger partial charge in [-0.05, 0) is 36.4 Å². The number of hydrogen-bond donors (Lipinski definition) is 1. The van der Waals surface area contributed by atoms with Crippen molar-refractivity contribution in [1.82, 2.24) is 15.3 Å². The van der Waals surface area contributed by atoms with E-state index < -0.39 is 9.84 Å². The van der Waals surface area contributed by atoms with Crippen LogP contribution in [0.3, 0.4) is 0 Å². The van der Waals surface area contributed by atoms with Gasteiger partial charge in [-0.3, -0.25) is 0 Å². The van der Waals surface area contributed by atoms with E-state index in [0.717, 1.165) is 13.1 Å². The van der Waals surface area contributed by atoms with Crippen LogP contribution in [0.2, 0.25) is 0 Å². The molecule has 4 rings (SSSR count). The maximum Gasteiger partial charge on any atom is 0.227 e. The molecule has 0 atom stereocenters. The number of ether oxygens (including phenoxy) is 2. The summed E-state index contributed by atoms with van der Waals surface area (Å²) in [6, 6.07) is 11.5. The molecule has 9 heteroatoms. The van der Waals surface area contributed by atoms with Crippen molar-refractivity contribution in [3.05, 3.63) is 42.5 Å². The molecule has 3 aromatic rings. The molecular weight excluding hydrogens is 392 g/mol. The van der Waals surface area contributed by atoms with Crippen LogP contribution in [0.1, 0.15) is 0 Å². The summed E-state index contributed by atoms with van der Waals surface area (Å²) in [7, 11) is -0.759. The predicted octanol–water partition coefficient (Wildman–Crippen LogP) is 1.89. The molecule has 0 radical (unpaired) electrons. The number of hydrogen-bond acceptors (Lipinski definition) is 8. The van der Waals surface area contributed by atoms with Crippen LogP contribution in [0.15, 0.2) is 52.4 Å². The Morgan fingerprint density at radius 2 is 1.55 bits per heavy atom. The number of piperazine rings is 1. The Morgan fingerprint density at radius 3 is 2.21 bits per heavy atom. The molecule has 0 aliphatic carbocycles. The molecule has 1 saturated heterocycles. The van der Waals surface area contributed by atoms with Crippen molar-refractivity contribution < 1.29 is 17.9 Å². The molecule has 0 unspecified atom stereocenters. The van der Waals surface area contributed by atoms with E-state index in [4.69, 9.17) is 9.47 Å². The molecule has 152 valence electrons. The smallest absolute Gasteiger partial charge is 0.227 e. The van der Waals surface area contributed by atoms with E-state index in [1.54, 1.807) is 37.4 Å². The number of benzene rings is 2. The van der Waals surface area contributed by atoms with E-state index in [0.29, 0.717) is 41.4 Å². The first-order chi connectivity index (χ1) is 14.0. The van der Waals surface area contributed by atoms with Gasteiger partial charge in [0, 0.05) is 32.2 Å². The third-order valence-electron chi connectivity index (χ3n) is 4.86. The molecular formula is C20H22N4O4S. The largest absolute Gasteiger partial charge is 0.497 e. The predicted molar refractivity (Wildman–Crippen MR) is 110 cm³/mol. The summed E-state index contributed by atoms with van der Waals surface area (Å²) >= 11 is 0. The Morgan fingerprint density at radius 1 is 0.897 bits per heavy atom. The first-order valence-electron chi connectivity index (χ1n) is 9.23. The average molecular weight is 414 g/mol. The van der Waals surface area contributed by atoms with Crippen LogP contribution in [0, 0.1) is 0 Å². The minimum Gasteiger partial charge on any atom is -0.497 e. The van der Waals surface area contributed by atoms with Gasteiger partial charge in [0.25, 0.3) is 0 Å². The number of rotatable bonds is 5. The molecule has 2 aromatic carbocycles. The van der Waals surface area contributed by atoms with Gasteiger partial charge in [0.05, 0.1) is 30.1 Å². The minimum absolute atomic E-state index is 0.0396. The lowest BCUT2D eigenvalue weighted by molar-refractivity contribution is 0.414. The highest BCUT2D eigenvalue weighted by Gasteiger charge is 2.29. The van der Waals surface area contributed by atoms with E-state index in [1.165, 1.54) is 19.2 Å². The van der Waals surface area contributed by atoms with Crippen LogP contribution in [0.25, 0.3) is 11.0 Å². The minimum atomic E-state index is -3.87. The van der Waals surface area contributed by atoms with Gasteiger partial charge in [-0.25, -0.2) is 18.4 Å². The SMILES string of the molecule is COc1ccc(S(=O)(=O)c2nc3ccc(OC)cc3nc2N2CCNCC2)cc1. The van der Waals surface area contributed by atoms with E-state index >= 15 is 0 Å². The summed E-state index contributed by atoms with van der Waals surface area (Å²) < 4.78 is 37.3. The van der Waals surface area contributed by atoms with E-state index in [9.17, 15) is 8.42 Å². The van der Waals surface area contributed by atoms with Gasteiger partial charge >= 0.3 is 0 Å². The lowest BCUT2D eigenvalue weighted by Gasteiger charge is -2.29. The first kappa shape index (κ1) is 19.4. The molecule has 1 aromatic heterocycles. The van der Waals surface area contributed by atoms with Crippen molar-refractivity contribution in [2.45, 2.75) is 9.92 Å². The van der Waals surface area contributed by atoms with E-state index in [-0.39, 0.29) is 9.92 Å². The fourth-order valence-electron chi connectivity index (χ4n) is 3.27. The topological polar surface area (TPSA) is 93.7 Å². The highest BCUT2D eigenvalue weighted by Crippen LogP contribution is 2.31. The van der Waals surface area contributed by atoms with Crippen LogP contribution in [-0.4, -0.2) is 58.8 Å². The van der Waals surface area contributed by atoms with Gasteiger partial charge in [-0.2, -0.15) is 0 Å². The van der Waals surface area contributed by atoms with Gasteiger partial charge in [0.1, 0.15) is 11.5 Å². The molecule has 0 saturated carbocycles. The highest BCUT2D eigenvalue weighted by atomic mass is 32.2. The number of aromatic nitrogens is 2. The summed E-state index contributed by atoms with van der Waals surface area (Å²) in [6.45, 7) is 2.80. The molecule has 1 aliphatic heterocycles. The number of nitrogens with zero attached hydrogens (tertiary/aromatic N) is 3. The number of anilines is 1. The number of nitrogens with one attached hydrogen (secondary N) is 1. The monoisotopic (exact) mass is 414 g/mol. The van der Waals surface area contributed by atoms with Gasteiger partial charge < -0.3 is 19.7 Å². The second-order valence-electron chi connectivity index (χ2n) is 6.62. The summed E-state index contributed by atoms with van der Waals surface area (Å²) in [5.74, 6) is 1.59. The highest BCUT2D eigenvalue weighted by molar-refractivity contribution is 7.91. The zero-order valence-electron chi connectivity index (χ0n) is 16.3. The number of methoxy groups -OCH3 is 2. The molecule has 1 fully saturated rings. The molecule has 2 heterocycles. The first-order valence-corrected chi connectivity index (χ1v) is 10.7. The van der Waals surface area contributed by atoms with Crippen LogP contribution in [0.4, 0.5) is 5.82 Å². The zero-order valence-corrected chi connectivity index (χ0v) is 17.1. The van der Waals surface area contributed by atoms with Gasteiger partial charge in [-0.1, -0.05) is 0 Å². The van der Waals surface area contributed by atoms with Crippen molar-refractivity contribution in [1.29, 1.82) is 0 Å². The van der Waals surface area contributed by atoms with Crippen LogP contribution in [0.5, 0.6) is 11.5 Å². The summed E-state index contributed by atoms with van der Waals surface area (Å²) in [5, 5.41) is 3.23. The summed E-state index contributed by atoms with van der Waals surface area (Å²) in [4.78, 5) is 11.3. The van der Waals surface area contributed by atoms with E-state index in [2.05, 4.69) is 15.3 Å². The van der Waals surface area contributed by atoms with Crippen molar-refractivity contribution >= 4 is 26.7 Å². The van der Waals surface area contributed by atoms with Gasteiger partial charge in [0.15, 0.2) is 5.82 Å². The van der Waals surface area contributed by atoms with Gasteiger partial charge in [-0.15, -0.1) is 0 Å². The third kappa shape index (κ3) is 3.70. The lowest BCUT2D eigenvalue weighted by Crippen LogP contribution is -2.44. The van der Waals surface area contributed by atoms with Crippen LogP contribution >= 0.6 is 0 Å². The Hall–Kier alpha value is -2.91. The lowest BCUT2D eigenvalue weighted by atomic mass is 10.3. The molecule has 1 N–H and O–H groups in total. The standard InChI is InChI=1S/C20H22N4O4S/c1-27-14-3-6-16(7-4-14)29(25,26)20-19(24-11-9-21-10-12-24)22-18-13-15(28-2)5-8-17(18)23-20/h3-8,13,21H,9-12H2,1-2H3. The second kappa shape index (κ2) is 7.84. The van der Waals surface area contributed by atoms with Gasteiger partial charge in [0.2, 0.25) is 14.9 Å². The van der Waals surface area contributed by atoms with Crippen molar-refractivity contribution in [3.63, 3.8) is 0 Å². The summed E-state index contributed by atoms with van der Waals surface area (Å²) in [6.07, 6.45) is 0. The molecule has 0 spiro atoms. The number of fused-ring (bicyclic) bond motifs is 1. The Bertz CT molecular complexity index is 1130. The van der Waals surface area contributed by atoms with Crippen LogP contribution in [-0.2, 0) is 9.84 Å². The maximum absolute atomic E-state index is 13.5. The molecule has 29 heavy (non-hydrogen) atoms. The Labute approximate surface area is 169 Å². The van der Waals surface area contributed by atoms with E-state index in [1.807, 2.05) is 4.90 Å². The number of sulfone groups is 1. The second-order valence-corrected chi connectivity index (χ2v) is 8.49. The molecule has 0 bridgehead atoms. The summed E-state index contributed by atoms with van der Waals surface area (Å²) in [5.41, 5.74) is 1.09. The third-order valence-corrected chi connectivity index (χ3v) is 6.54. The zero-order chi connectivity index (χ0) is 20.4. The Balaban J connectivity index is 1.90. The average Bonchev–Trinajstić information content (AvgIpc) is 2.78. The molecule has 1 aliphatic rings. The quantitative estimate of drug-likeness (QED) is 0.677. The van der Waals surface area contributed by atoms with Crippen LogP contribution < -0.4 is 19.7 Å². The maximum atomic E-state index is 13.5. The normalized spacial score (nSPS) is 14.8. The fraction of sp³-hybridized carbons (Fsp3) is 0.300. The molecule has 0 amide bonds.